The molecule has 1 aromatic carbocycles. The van der Waals surface area contributed by atoms with Gasteiger partial charge in [0.1, 0.15) is 11.6 Å². The van der Waals surface area contributed by atoms with Crippen molar-refractivity contribution in [1.29, 1.82) is 0 Å². The van der Waals surface area contributed by atoms with Gasteiger partial charge >= 0.3 is 12.1 Å². The number of carbonyl (C=O) groups is 3. The Morgan fingerprint density at radius 3 is 2.26 bits per heavy atom. The third kappa shape index (κ3) is 6.95. The average Bonchev–Trinajstić information content (AvgIpc) is 2.49. The molecule has 0 heterocycles. The van der Waals surface area contributed by atoms with E-state index in [9.17, 15) is 14.4 Å². The van der Waals surface area contributed by atoms with Gasteiger partial charge in [0.05, 0.1) is 7.11 Å². The molecule has 1 atom stereocenters. The van der Waals surface area contributed by atoms with Gasteiger partial charge in [-0.25, -0.2) is 9.59 Å². The molecule has 0 radical (unpaired) electrons. The summed E-state index contributed by atoms with van der Waals surface area (Å²) < 4.78 is 9.77. The molecule has 1 rings (SSSR count). The van der Waals surface area contributed by atoms with Crippen LogP contribution >= 0.6 is 0 Å². The molecule has 126 valence electrons. The number of methoxy groups -OCH3 is 1. The Kier molecular flexibility index (Phi) is 6.75. The second-order valence-electron chi connectivity index (χ2n) is 6.05. The molecule has 1 N–H and O–H groups in total. The number of hydrogen-bond acceptors (Lipinski definition) is 5. The van der Waals surface area contributed by atoms with Crippen molar-refractivity contribution in [2.24, 2.45) is 0 Å². The zero-order valence-electron chi connectivity index (χ0n) is 13.9. The molecular formula is C17H23NO5. The van der Waals surface area contributed by atoms with Crippen LogP contribution < -0.4 is 5.32 Å². The van der Waals surface area contributed by atoms with E-state index in [2.05, 4.69) is 10.1 Å². The number of carbonyl (C=O) groups excluding carboxylic acids is 3. The Labute approximate surface area is 136 Å². The number of ether oxygens (including phenoxy) is 2. The fourth-order valence-electron chi connectivity index (χ4n) is 1.88. The third-order valence-electron chi connectivity index (χ3n) is 2.93. The van der Waals surface area contributed by atoms with E-state index in [1.54, 1.807) is 45.0 Å². The van der Waals surface area contributed by atoms with Gasteiger partial charge in [0, 0.05) is 12.0 Å². The summed E-state index contributed by atoms with van der Waals surface area (Å²) in [6, 6.07) is 7.84. The lowest BCUT2D eigenvalue weighted by atomic mass is 10.0. The number of nitrogens with one attached hydrogen (secondary N) is 1. The molecule has 23 heavy (non-hydrogen) atoms. The lowest BCUT2D eigenvalue weighted by Crippen LogP contribution is -2.44. The number of hydrogen-bond donors (Lipinski definition) is 1. The first kappa shape index (κ1) is 18.7. The van der Waals surface area contributed by atoms with Crippen molar-refractivity contribution < 1.29 is 23.9 Å². The minimum atomic E-state index is -0.928. The highest BCUT2D eigenvalue weighted by atomic mass is 16.6. The second-order valence-corrected chi connectivity index (χ2v) is 6.05. The second kappa shape index (κ2) is 8.31. The maximum atomic E-state index is 12.1. The molecule has 0 saturated heterocycles. The average molecular weight is 321 g/mol. The highest BCUT2D eigenvalue weighted by Crippen LogP contribution is 2.10. The first-order valence-electron chi connectivity index (χ1n) is 7.38. The number of benzene rings is 1. The summed E-state index contributed by atoms with van der Waals surface area (Å²) in [6.45, 7) is 5.16. The van der Waals surface area contributed by atoms with Crippen LogP contribution in [-0.2, 0) is 14.3 Å². The fourth-order valence-corrected chi connectivity index (χ4v) is 1.88. The molecule has 0 aliphatic heterocycles. The van der Waals surface area contributed by atoms with Crippen molar-refractivity contribution in [2.45, 2.75) is 45.3 Å². The summed E-state index contributed by atoms with van der Waals surface area (Å²) in [5.74, 6) is -0.720. The zero-order chi connectivity index (χ0) is 17.5. The molecule has 6 nitrogen and oxygen atoms in total. The Bertz CT molecular complexity index is 548. The van der Waals surface area contributed by atoms with Crippen LogP contribution in [0.4, 0.5) is 4.79 Å². The van der Waals surface area contributed by atoms with Gasteiger partial charge in [-0.15, -0.1) is 0 Å². The monoisotopic (exact) mass is 321 g/mol. The molecule has 0 bridgehead atoms. The topological polar surface area (TPSA) is 81.7 Å². The van der Waals surface area contributed by atoms with E-state index in [-0.39, 0.29) is 18.6 Å². The molecule has 1 unspecified atom stereocenters. The summed E-state index contributed by atoms with van der Waals surface area (Å²) in [4.78, 5) is 35.6. The molecular weight excluding hydrogens is 298 g/mol. The van der Waals surface area contributed by atoms with Crippen LogP contribution in [0.5, 0.6) is 0 Å². The Hall–Kier alpha value is -2.37. The first-order valence-corrected chi connectivity index (χ1v) is 7.38. The largest absolute Gasteiger partial charge is 0.467 e. The number of amides is 1. The highest BCUT2D eigenvalue weighted by molar-refractivity contribution is 5.96. The molecule has 0 fully saturated rings. The maximum absolute atomic E-state index is 12.1. The SMILES string of the molecule is COC(=O)C(CCC(=O)c1ccccc1)NC(=O)OC(C)(C)C. The van der Waals surface area contributed by atoms with E-state index in [1.807, 2.05) is 6.07 Å². The predicted octanol–water partition coefficient (Wildman–Crippen LogP) is 2.72. The van der Waals surface area contributed by atoms with Gasteiger partial charge in [0.2, 0.25) is 0 Å². The van der Waals surface area contributed by atoms with Crippen LogP contribution in [0.2, 0.25) is 0 Å². The van der Waals surface area contributed by atoms with Crippen molar-refractivity contribution >= 4 is 17.8 Å². The molecule has 6 heteroatoms. The maximum Gasteiger partial charge on any atom is 0.408 e. The van der Waals surface area contributed by atoms with Crippen molar-refractivity contribution in [3.05, 3.63) is 35.9 Å². The van der Waals surface area contributed by atoms with Crippen LogP contribution in [-0.4, -0.2) is 36.6 Å². The van der Waals surface area contributed by atoms with Crippen LogP contribution in [0.3, 0.4) is 0 Å². The van der Waals surface area contributed by atoms with Gasteiger partial charge in [-0.3, -0.25) is 4.79 Å². The summed E-state index contributed by atoms with van der Waals surface area (Å²) in [5, 5.41) is 2.44. The van der Waals surface area contributed by atoms with Crippen molar-refractivity contribution in [1.82, 2.24) is 5.32 Å². The third-order valence-corrected chi connectivity index (χ3v) is 2.93. The number of ketones is 1. The molecule has 0 aromatic heterocycles. The van der Waals surface area contributed by atoms with E-state index in [4.69, 9.17) is 4.74 Å². The standard InChI is InChI=1S/C17H23NO5/c1-17(2,3)23-16(21)18-13(15(20)22-4)10-11-14(19)12-8-6-5-7-9-12/h5-9,13H,10-11H2,1-4H3,(H,18,21). The molecule has 0 aliphatic rings. The van der Waals surface area contributed by atoms with Crippen LogP contribution in [0.15, 0.2) is 30.3 Å². The van der Waals surface area contributed by atoms with Gasteiger partial charge in [-0.05, 0) is 27.2 Å². The van der Waals surface area contributed by atoms with Crippen molar-refractivity contribution in [3.63, 3.8) is 0 Å². The van der Waals surface area contributed by atoms with E-state index >= 15 is 0 Å². The zero-order valence-corrected chi connectivity index (χ0v) is 13.9. The number of alkyl carbamates (subject to hydrolysis) is 1. The van der Waals surface area contributed by atoms with Crippen molar-refractivity contribution in [3.8, 4) is 0 Å². The normalized spacial score (nSPS) is 12.2. The Morgan fingerprint density at radius 2 is 1.74 bits per heavy atom. The van der Waals surface area contributed by atoms with E-state index < -0.39 is 23.7 Å². The summed E-state index contributed by atoms with van der Waals surface area (Å²) in [6.07, 6.45) is -0.473. The Balaban J connectivity index is 2.63. The van der Waals surface area contributed by atoms with Gasteiger partial charge in [0.15, 0.2) is 5.78 Å². The smallest absolute Gasteiger partial charge is 0.408 e. The van der Waals surface area contributed by atoms with Gasteiger partial charge in [-0.2, -0.15) is 0 Å². The molecule has 1 aromatic rings. The van der Waals surface area contributed by atoms with E-state index in [1.165, 1.54) is 7.11 Å². The fraction of sp³-hybridized carbons (Fsp3) is 0.471. The van der Waals surface area contributed by atoms with Gasteiger partial charge < -0.3 is 14.8 Å². The summed E-state index contributed by atoms with van der Waals surface area (Å²) in [7, 11) is 1.23. The number of rotatable bonds is 6. The Morgan fingerprint density at radius 1 is 1.13 bits per heavy atom. The number of esters is 1. The number of Topliss-reactive ketones (excluding diaryl/α,β-unsaturated/α-hetero) is 1. The first-order chi connectivity index (χ1) is 10.7. The predicted molar refractivity (Wildman–Crippen MR) is 85.2 cm³/mol. The lowest BCUT2D eigenvalue weighted by Gasteiger charge is -2.22. The molecule has 0 aliphatic carbocycles. The van der Waals surface area contributed by atoms with E-state index in [0.717, 1.165) is 0 Å². The van der Waals surface area contributed by atoms with E-state index in [0.29, 0.717) is 5.56 Å². The summed E-state index contributed by atoms with van der Waals surface area (Å²) >= 11 is 0. The lowest BCUT2D eigenvalue weighted by molar-refractivity contribution is -0.143. The minimum Gasteiger partial charge on any atom is -0.467 e. The molecule has 1 amide bonds. The summed E-state index contributed by atoms with van der Waals surface area (Å²) in [5.41, 5.74) is -0.113. The van der Waals surface area contributed by atoms with Crippen LogP contribution in [0, 0.1) is 0 Å². The van der Waals surface area contributed by atoms with Crippen LogP contribution in [0.1, 0.15) is 44.0 Å². The highest BCUT2D eigenvalue weighted by Gasteiger charge is 2.25. The van der Waals surface area contributed by atoms with Gasteiger partial charge in [-0.1, -0.05) is 30.3 Å². The molecule has 0 spiro atoms. The minimum absolute atomic E-state index is 0.106. The van der Waals surface area contributed by atoms with Crippen LogP contribution in [0.25, 0.3) is 0 Å². The van der Waals surface area contributed by atoms with Gasteiger partial charge in [0.25, 0.3) is 0 Å². The molecule has 0 saturated carbocycles. The van der Waals surface area contributed by atoms with Crippen molar-refractivity contribution in [2.75, 3.05) is 7.11 Å². The quantitative estimate of drug-likeness (QED) is 0.643.